The largest absolute Gasteiger partial charge is 0.371 e. The van der Waals surface area contributed by atoms with E-state index in [9.17, 15) is 13.6 Å². The molecule has 0 atom stereocenters. The van der Waals surface area contributed by atoms with Gasteiger partial charge in [0.2, 0.25) is 0 Å². The summed E-state index contributed by atoms with van der Waals surface area (Å²) in [6.45, 7) is 5.08. The molecule has 1 saturated heterocycles. The lowest BCUT2D eigenvalue weighted by molar-refractivity contribution is 0.0185. The number of piperidine rings is 1. The maximum Gasteiger partial charge on any atom is 0.274 e. The number of hydrogen-bond acceptors (Lipinski definition) is 3. The first-order valence-corrected chi connectivity index (χ1v) is 12.9. The van der Waals surface area contributed by atoms with Crippen LogP contribution >= 0.6 is 0 Å². The van der Waals surface area contributed by atoms with Gasteiger partial charge < -0.3 is 10.2 Å². The predicted octanol–water partition coefficient (Wildman–Crippen LogP) is 6.32. The Kier molecular flexibility index (Phi) is 6.96. The van der Waals surface area contributed by atoms with Gasteiger partial charge in [0.25, 0.3) is 11.8 Å². The summed E-state index contributed by atoms with van der Waals surface area (Å²) in [7, 11) is 0. The maximum atomic E-state index is 14.1. The highest BCUT2D eigenvalue weighted by atomic mass is 19.3. The molecule has 1 aliphatic rings. The molecular weight excluding hydrogens is 470 g/mol. The summed E-state index contributed by atoms with van der Waals surface area (Å²) in [5.41, 5.74) is 4.33. The van der Waals surface area contributed by atoms with Crippen LogP contribution in [0.1, 0.15) is 65.5 Å². The fourth-order valence-corrected chi connectivity index (χ4v) is 5.23. The number of fused-ring (bicyclic) bond motifs is 1. The molecule has 4 aromatic rings. The Balaban J connectivity index is 1.24. The molecule has 1 N–H and O–H groups in total. The second-order valence-electron chi connectivity index (χ2n) is 9.79. The summed E-state index contributed by atoms with van der Waals surface area (Å²) in [6.07, 6.45) is 4.34. The van der Waals surface area contributed by atoms with E-state index in [0.717, 1.165) is 38.4 Å². The fourth-order valence-electron chi connectivity index (χ4n) is 5.23. The zero-order valence-corrected chi connectivity index (χ0v) is 21.3. The van der Waals surface area contributed by atoms with Crippen molar-refractivity contribution in [3.8, 4) is 0 Å². The van der Waals surface area contributed by atoms with Gasteiger partial charge in [-0.25, -0.2) is 13.8 Å². The standard InChI is InChI=1S/C30H32F2N4O/c1-3-26-27(36-17-7-10-25(28(36)34-26)30(2,31)32)29(37)33-20-21-11-13-24(14-12-21)35-18-15-23(16-19-35)22-8-5-4-6-9-22/h4-14,17,23H,3,15-16,18-20H2,1-2H3,(H,33,37). The van der Waals surface area contributed by atoms with Crippen molar-refractivity contribution >= 4 is 17.2 Å². The molecule has 0 unspecified atom stereocenters. The normalized spacial score (nSPS) is 14.8. The van der Waals surface area contributed by atoms with Gasteiger partial charge in [0, 0.05) is 38.4 Å². The van der Waals surface area contributed by atoms with Crippen LogP contribution in [0, 0.1) is 0 Å². The van der Waals surface area contributed by atoms with E-state index in [-0.39, 0.29) is 17.1 Å². The number of amides is 1. The van der Waals surface area contributed by atoms with E-state index < -0.39 is 5.92 Å². The molecule has 5 nitrogen and oxygen atoms in total. The molecule has 1 amide bonds. The Hall–Kier alpha value is -3.74. The van der Waals surface area contributed by atoms with Crippen LogP contribution in [0.25, 0.3) is 5.65 Å². The van der Waals surface area contributed by atoms with Crippen molar-refractivity contribution in [3.05, 3.63) is 101 Å². The average molecular weight is 503 g/mol. The topological polar surface area (TPSA) is 49.6 Å². The highest BCUT2D eigenvalue weighted by Gasteiger charge is 2.30. The number of nitrogens with zero attached hydrogens (tertiary/aromatic N) is 3. The maximum absolute atomic E-state index is 14.1. The SMILES string of the molecule is CCc1nc2c(C(C)(F)F)cccn2c1C(=O)NCc1ccc(N2CCC(c3ccccc3)CC2)cc1. The predicted molar refractivity (Wildman–Crippen MR) is 142 cm³/mol. The zero-order valence-electron chi connectivity index (χ0n) is 21.3. The third-order valence-electron chi connectivity index (χ3n) is 7.27. The van der Waals surface area contributed by atoms with Crippen molar-refractivity contribution in [1.29, 1.82) is 0 Å². The van der Waals surface area contributed by atoms with Gasteiger partial charge in [0.1, 0.15) is 11.3 Å². The second-order valence-corrected chi connectivity index (χ2v) is 9.79. The Bertz CT molecular complexity index is 1370. The number of benzene rings is 2. The summed E-state index contributed by atoms with van der Waals surface area (Å²) >= 11 is 0. The minimum atomic E-state index is -3.05. The summed E-state index contributed by atoms with van der Waals surface area (Å²) in [5.74, 6) is -2.77. The van der Waals surface area contributed by atoms with Crippen LogP contribution in [0.5, 0.6) is 0 Å². The van der Waals surface area contributed by atoms with Crippen LogP contribution in [-0.4, -0.2) is 28.4 Å². The number of imidazole rings is 1. The van der Waals surface area contributed by atoms with Crippen molar-refractivity contribution in [3.63, 3.8) is 0 Å². The first kappa shape index (κ1) is 24.9. The van der Waals surface area contributed by atoms with E-state index in [1.807, 2.05) is 19.1 Å². The summed E-state index contributed by atoms with van der Waals surface area (Å²) in [6, 6.07) is 21.9. The van der Waals surface area contributed by atoms with Crippen LogP contribution in [0.15, 0.2) is 72.9 Å². The lowest BCUT2D eigenvalue weighted by Gasteiger charge is -2.34. The van der Waals surface area contributed by atoms with E-state index in [0.29, 0.717) is 30.3 Å². The van der Waals surface area contributed by atoms with Gasteiger partial charge in [0.15, 0.2) is 0 Å². The molecule has 1 aliphatic heterocycles. The molecule has 0 spiro atoms. The molecular formula is C30H32F2N4O. The number of alkyl halides is 2. The van der Waals surface area contributed by atoms with E-state index in [2.05, 4.69) is 57.7 Å². The molecule has 37 heavy (non-hydrogen) atoms. The minimum Gasteiger partial charge on any atom is -0.371 e. The lowest BCUT2D eigenvalue weighted by atomic mass is 9.89. The highest BCUT2D eigenvalue weighted by Crippen LogP contribution is 2.32. The zero-order chi connectivity index (χ0) is 26.0. The molecule has 0 bridgehead atoms. The van der Waals surface area contributed by atoms with Gasteiger partial charge in [-0.05, 0) is 60.6 Å². The number of rotatable bonds is 7. The molecule has 0 radical (unpaired) electrons. The number of pyridine rings is 1. The quantitative estimate of drug-likeness (QED) is 0.322. The van der Waals surface area contributed by atoms with E-state index >= 15 is 0 Å². The van der Waals surface area contributed by atoms with Gasteiger partial charge in [-0.15, -0.1) is 0 Å². The number of nitrogens with one attached hydrogen (secondary N) is 1. The van der Waals surface area contributed by atoms with Crippen LogP contribution in [0.3, 0.4) is 0 Å². The van der Waals surface area contributed by atoms with Crippen LogP contribution < -0.4 is 10.2 Å². The van der Waals surface area contributed by atoms with Crippen LogP contribution in [0.4, 0.5) is 14.5 Å². The Morgan fingerprint density at radius 2 is 1.73 bits per heavy atom. The molecule has 0 saturated carbocycles. The van der Waals surface area contributed by atoms with Gasteiger partial charge in [-0.3, -0.25) is 9.20 Å². The summed E-state index contributed by atoms with van der Waals surface area (Å²) in [5, 5.41) is 2.95. The van der Waals surface area contributed by atoms with Gasteiger partial charge in [0.05, 0.1) is 11.3 Å². The third kappa shape index (κ3) is 5.22. The molecule has 1 fully saturated rings. The second kappa shape index (κ2) is 10.3. The van der Waals surface area contributed by atoms with Crippen molar-refractivity contribution in [1.82, 2.24) is 14.7 Å². The number of hydrogen-bond donors (Lipinski definition) is 1. The lowest BCUT2D eigenvalue weighted by Crippen LogP contribution is -2.32. The first-order valence-electron chi connectivity index (χ1n) is 12.9. The molecule has 7 heteroatoms. The molecule has 2 aromatic carbocycles. The average Bonchev–Trinajstić information content (AvgIpc) is 3.31. The minimum absolute atomic E-state index is 0.123. The fraction of sp³-hybridized carbons (Fsp3) is 0.333. The molecule has 192 valence electrons. The number of anilines is 1. The number of aromatic nitrogens is 2. The first-order chi connectivity index (χ1) is 17.8. The van der Waals surface area contributed by atoms with Crippen molar-refractivity contribution in [2.45, 2.75) is 51.5 Å². The molecule has 3 heterocycles. The van der Waals surface area contributed by atoms with Crippen molar-refractivity contribution in [2.75, 3.05) is 18.0 Å². The van der Waals surface area contributed by atoms with E-state index in [4.69, 9.17) is 0 Å². The van der Waals surface area contributed by atoms with Gasteiger partial charge in [-0.2, -0.15) is 0 Å². The third-order valence-corrected chi connectivity index (χ3v) is 7.27. The van der Waals surface area contributed by atoms with Gasteiger partial charge in [-0.1, -0.05) is 49.4 Å². The Morgan fingerprint density at radius 1 is 1.03 bits per heavy atom. The van der Waals surface area contributed by atoms with Crippen molar-refractivity contribution < 1.29 is 13.6 Å². The monoisotopic (exact) mass is 502 g/mol. The molecule has 5 rings (SSSR count). The number of carbonyl (C=O) groups excluding carboxylic acids is 1. The number of halogens is 2. The highest BCUT2D eigenvalue weighted by molar-refractivity contribution is 5.95. The smallest absolute Gasteiger partial charge is 0.274 e. The van der Waals surface area contributed by atoms with Crippen LogP contribution in [-0.2, 0) is 18.9 Å². The van der Waals surface area contributed by atoms with E-state index in [1.54, 1.807) is 6.20 Å². The summed E-state index contributed by atoms with van der Waals surface area (Å²) < 4.78 is 29.7. The molecule has 0 aliphatic carbocycles. The Labute approximate surface area is 216 Å². The number of carbonyl (C=O) groups is 1. The van der Waals surface area contributed by atoms with Crippen molar-refractivity contribution in [2.24, 2.45) is 0 Å². The van der Waals surface area contributed by atoms with E-state index in [1.165, 1.54) is 27.8 Å². The summed E-state index contributed by atoms with van der Waals surface area (Å²) in [4.78, 5) is 19.9. The van der Waals surface area contributed by atoms with Gasteiger partial charge >= 0.3 is 0 Å². The van der Waals surface area contributed by atoms with Crippen LogP contribution in [0.2, 0.25) is 0 Å². The molecule has 2 aromatic heterocycles. The number of aryl methyl sites for hydroxylation is 1. The Morgan fingerprint density at radius 3 is 2.38 bits per heavy atom.